The molecule has 0 aliphatic heterocycles. The van der Waals surface area contributed by atoms with E-state index in [9.17, 15) is 24.2 Å². The topological polar surface area (TPSA) is 194 Å². The van der Waals surface area contributed by atoms with Gasteiger partial charge in [0.05, 0.1) is 25.3 Å². The van der Waals surface area contributed by atoms with Crippen LogP contribution >= 0.6 is 7.60 Å². The third-order valence-corrected chi connectivity index (χ3v) is 6.14. The Bertz CT molecular complexity index is 1060. The number of fused-ring (bicyclic) bond motifs is 1. The van der Waals surface area contributed by atoms with E-state index in [1.165, 1.54) is 17.8 Å². The second-order valence-corrected chi connectivity index (χ2v) is 8.78. The summed E-state index contributed by atoms with van der Waals surface area (Å²) in [5.41, 5.74) is 5.22. The van der Waals surface area contributed by atoms with Gasteiger partial charge in [0.2, 0.25) is 5.95 Å². The molecule has 1 unspecified atom stereocenters. The van der Waals surface area contributed by atoms with E-state index in [4.69, 9.17) is 15.4 Å². The zero-order valence-corrected chi connectivity index (χ0v) is 15.8. The number of anilines is 1. The smallest absolute Gasteiger partial charge is 0.329 e. The van der Waals surface area contributed by atoms with Crippen LogP contribution in [0.1, 0.15) is 13.3 Å². The number of carboxylic acid groups (broad SMARTS) is 1. The number of rotatable bonds is 8. The second-order valence-electron chi connectivity index (χ2n) is 6.88. The normalized spacial score (nSPS) is 23.6. The van der Waals surface area contributed by atoms with Crippen LogP contribution in [0.4, 0.5) is 5.95 Å². The Hall–Kier alpha value is -2.53. The highest BCUT2D eigenvalue weighted by Gasteiger charge is 2.50. The first-order chi connectivity index (χ1) is 13.1. The van der Waals surface area contributed by atoms with Crippen LogP contribution in [0, 0.1) is 11.3 Å². The van der Waals surface area contributed by atoms with E-state index in [1.54, 1.807) is 6.20 Å². The maximum Gasteiger partial charge on any atom is 0.329 e. The molecule has 0 saturated heterocycles. The fraction of sp³-hybridized carbons (Fsp3) is 0.467. The molecule has 0 aromatic carbocycles. The van der Waals surface area contributed by atoms with Gasteiger partial charge in [-0.05, 0) is 12.0 Å². The number of imidazole rings is 1. The second kappa shape index (κ2) is 7.13. The summed E-state index contributed by atoms with van der Waals surface area (Å²) < 4.78 is 18.6. The Morgan fingerprint density at radius 1 is 1.61 bits per heavy atom. The first-order valence-electron chi connectivity index (χ1n) is 8.30. The maximum absolute atomic E-state index is 12.1. The van der Waals surface area contributed by atoms with Crippen molar-refractivity contribution in [3.8, 4) is 0 Å². The number of hydrogen-bond donors (Lipinski definition) is 5. The Balaban J connectivity index is 1.77. The minimum Gasteiger partial charge on any atom is -0.481 e. The van der Waals surface area contributed by atoms with Crippen molar-refractivity contribution in [2.45, 2.75) is 13.3 Å². The van der Waals surface area contributed by atoms with E-state index in [-0.39, 0.29) is 30.3 Å². The number of aliphatic hydroxyl groups excluding tert-OH is 1. The van der Waals surface area contributed by atoms with Crippen LogP contribution in [0.3, 0.4) is 0 Å². The molecule has 6 N–H and O–H groups in total. The highest BCUT2D eigenvalue weighted by molar-refractivity contribution is 7.52. The first-order valence-corrected chi connectivity index (χ1v) is 10.1. The number of nitrogens with zero attached hydrogens (tertiary/aromatic N) is 3. The van der Waals surface area contributed by atoms with E-state index >= 15 is 0 Å². The molecule has 0 bridgehead atoms. The van der Waals surface area contributed by atoms with Crippen LogP contribution in [0.5, 0.6) is 0 Å². The van der Waals surface area contributed by atoms with Crippen molar-refractivity contribution in [3.63, 3.8) is 0 Å². The molecule has 152 valence electrons. The van der Waals surface area contributed by atoms with Crippen LogP contribution in [0.2, 0.25) is 0 Å². The highest BCUT2D eigenvalue weighted by Crippen LogP contribution is 2.56. The summed E-state index contributed by atoms with van der Waals surface area (Å²) in [6.45, 7) is 0.720. The number of aromatic amines is 1. The third kappa shape index (κ3) is 3.99. The number of nitrogens with one attached hydrogen (secondary N) is 1. The van der Waals surface area contributed by atoms with Crippen molar-refractivity contribution in [2.75, 3.05) is 25.1 Å². The molecule has 28 heavy (non-hydrogen) atoms. The van der Waals surface area contributed by atoms with Gasteiger partial charge in [0.1, 0.15) is 6.33 Å². The molecule has 1 aliphatic rings. The van der Waals surface area contributed by atoms with Gasteiger partial charge in [0, 0.05) is 11.6 Å². The Morgan fingerprint density at radius 3 is 2.96 bits per heavy atom. The van der Waals surface area contributed by atoms with E-state index in [0.29, 0.717) is 12.0 Å². The number of aliphatic hydroxyl groups is 1. The molecule has 0 amide bonds. The van der Waals surface area contributed by atoms with E-state index in [1.807, 2.05) is 0 Å². The number of H-pyrrole nitrogens is 1. The summed E-state index contributed by atoms with van der Waals surface area (Å²) in [5, 5.41) is 18.6. The summed E-state index contributed by atoms with van der Waals surface area (Å²) in [5.74, 6) is -2.31. The molecule has 2 aromatic rings. The number of nitrogens with two attached hydrogens (primary N) is 1. The molecule has 2 heterocycles. The Labute approximate surface area is 158 Å². The lowest BCUT2D eigenvalue weighted by molar-refractivity contribution is -0.140. The summed E-state index contributed by atoms with van der Waals surface area (Å²) in [6, 6.07) is 0. The van der Waals surface area contributed by atoms with Gasteiger partial charge in [-0.2, -0.15) is 4.98 Å². The van der Waals surface area contributed by atoms with Crippen molar-refractivity contribution in [2.24, 2.45) is 11.3 Å². The third-order valence-electron chi connectivity index (χ3n) is 4.60. The van der Waals surface area contributed by atoms with Crippen LogP contribution in [0.15, 0.2) is 16.7 Å². The lowest BCUT2D eigenvalue weighted by Gasteiger charge is -2.18. The first kappa shape index (κ1) is 20.2. The van der Waals surface area contributed by atoms with Gasteiger partial charge in [-0.1, -0.05) is 6.92 Å². The van der Waals surface area contributed by atoms with Crippen LogP contribution in [0.25, 0.3) is 17.4 Å². The van der Waals surface area contributed by atoms with Crippen LogP contribution in [-0.2, 0) is 13.9 Å². The molecule has 2 aromatic heterocycles. The zero-order chi connectivity index (χ0) is 20.7. The molecule has 1 aliphatic carbocycles. The zero-order valence-electron chi connectivity index (χ0n) is 14.9. The molecular formula is C15H20N5O7P. The number of aromatic nitrogens is 4. The van der Waals surface area contributed by atoms with E-state index in [2.05, 4.69) is 15.0 Å². The van der Waals surface area contributed by atoms with Gasteiger partial charge >= 0.3 is 13.6 Å². The summed E-state index contributed by atoms with van der Waals surface area (Å²) in [7, 11) is -4.13. The molecule has 0 spiro atoms. The number of aliphatic carboxylic acids is 1. The minimum atomic E-state index is -4.13. The van der Waals surface area contributed by atoms with E-state index in [0.717, 1.165) is 0 Å². The fourth-order valence-corrected chi connectivity index (χ4v) is 4.16. The molecule has 12 nitrogen and oxygen atoms in total. The monoisotopic (exact) mass is 413 g/mol. The quantitative estimate of drug-likeness (QED) is 0.363. The lowest BCUT2D eigenvalue weighted by atomic mass is 10.1. The Kier molecular flexibility index (Phi) is 5.15. The maximum atomic E-state index is 12.1. The standard InChI is InChI=1S/C15H20N5O7P/c1-8(13(23)24)4-28(25,26)27-6-15(5-21)2-9(15)3-20-7-17-10-11(20)18-14(16)19-12(10)22/h3,7-8,21H,2,4-6H2,1H3,(H,23,24)(H,25,26)(H3,16,18,19,22)/b9-3-/t8-,15+/m1/s1. The molecule has 1 saturated carbocycles. The van der Waals surface area contributed by atoms with Gasteiger partial charge in [-0.25, -0.2) is 4.98 Å². The average Bonchev–Trinajstić information content (AvgIpc) is 3.15. The summed E-state index contributed by atoms with van der Waals surface area (Å²) >= 11 is 0. The predicted molar refractivity (Wildman–Crippen MR) is 98.4 cm³/mol. The van der Waals surface area contributed by atoms with Gasteiger partial charge in [-0.15, -0.1) is 0 Å². The van der Waals surface area contributed by atoms with Gasteiger partial charge in [0.15, 0.2) is 11.2 Å². The fourth-order valence-electron chi connectivity index (χ4n) is 2.76. The molecule has 0 radical (unpaired) electrons. The molecular weight excluding hydrogens is 393 g/mol. The van der Waals surface area contributed by atoms with Gasteiger partial charge in [0.25, 0.3) is 5.56 Å². The van der Waals surface area contributed by atoms with Gasteiger partial charge < -0.3 is 25.4 Å². The molecule has 3 atom stereocenters. The van der Waals surface area contributed by atoms with Crippen molar-refractivity contribution < 1.29 is 29.0 Å². The summed E-state index contributed by atoms with van der Waals surface area (Å²) in [4.78, 5) is 42.9. The number of carbonyl (C=O) groups is 1. The van der Waals surface area contributed by atoms with Crippen molar-refractivity contribution in [3.05, 3.63) is 22.3 Å². The largest absolute Gasteiger partial charge is 0.481 e. The minimum absolute atomic E-state index is 0.0704. The van der Waals surface area contributed by atoms with Crippen molar-refractivity contribution in [1.29, 1.82) is 0 Å². The highest BCUT2D eigenvalue weighted by atomic mass is 31.2. The number of nitrogen functional groups attached to an aromatic ring is 1. The van der Waals surface area contributed by atoms with Crippen LogP contribution in [-0.4, -0.2) is 60.0 Å². The SMILES string of the molecule is C[C@H](CP(=O)(O)OC[C@@]1(CO)C/C1=C/n1cnc2c(=O)[nH]c(N)nc21)C(=O)O. The Morgan fingerprint density at radius 2 is 2.32 bits per heavy atom. The number of carboxylic acids is 1. The lowest BCUT2D eigenvalue weighted by Crippen LogP contribution is -2.19. The van der Waals surface area contributed by atoms with Crippen LogP contribution < -0.4 is 11.3 Å². The van der Waals surface area contributed by atoms with Gasteiger partial charge in [-0.3, -0.25) is 23.7 Å². The molecule has 13 heteroatoms. The van der Waals surface area contributed by atoms with Crippen molar-refractivity contribution >= 4 is 36.9 Å². The van der Waals surface area contributed by atoms with E-state index < -0.39 is 36.6 Å². The average molecular weight is 413 g/mol. The predicted octanol–water partition coefficient (Wildman–Crippen LogP) is -0.152. The number of hydrogen-bond acceptors (Lipinski definition) is 8. The summed E-state index contributed by atoms with van der Waals surface area (Å²) in [6.07, 6.45) is 2.83. The molecule has 3 rings (SSSR count). The molecule has 1 fully saturated rings. The van der Waals surface area contributed by atoms with Crippen molar-refractivity contribution in [1.82, 2.24) is 19.5 Å².